The SMILES string of the molecule is CNC(=O)C1CCCN(C(=O)[C@@H](N)CC(C)C)C1. The summed E-state index contributed by atoms with van der Waals surface area (Å²) in [6.45, 7) is 5.33. The number of carbonyl (C=O) groups excluding carboxylic acids is 2. The van der Waals surface area contributed by atoms with Crippen LogP contribution in [-0.4, -0.2) is 42.9 Å². The third kappa shape index (κ3) is 3.98. The molecule has 0 aromatic rings. The summed E-state index contributed by atoms with van der Waals surface area (Å²) in [5, 5.41) is 2.65. The summed E-state index contributed by atoms with van der Waals surface area (Å²) >= 11 is 0. The van der Waals surface area contributed by atoms with Crippen molar-refractivity contribution in [2.75, 3.05) is 20.1 Å². The maximum Gasteiger partial charge on any atom is 0.239 e. The monoisotopic (exact) mass is 255 g/mol. The van der Waals surface area contributed by atoms with E-state index in [0.717, 1.165) is 19.4 Å². The van der Waals surface area contributed by atoms with Crippen molar-refractivity contribution in [2.45, 2.75) is 39.2 Å². The fourth-order valence-corrected chi connectivity index (χ4v) is 2.44. The second-order valence-electron chi connectivity index (χ2n) is 5.47. The number of piperidine rings is 1. The standard InChI is InChI=1S/C13H25N3O2/c1-9(2)7-11(14)13(18)16-6-4-5-10(8-16)12(17)15-3/h9-11H,4-8,14H2,1-3H3,(H,15,17)/t10?,11-/m0/s1. The van der Waals surface area contributed by atoms with Gasteiger partial charge in [-0.15, -0.1) is 0 Å². The molecule has 0 bridgehead atoms. The molecular weight excluding hydrogens is 230 g/mol. The zero-order chi connectivity index (χ0) is 13.7. The van der Waals surface area contributed by atoms with Gasteiger partial charge in [-0.25, -0.2) is 0 Å². The molecule has 0 saturated carbocycles. The molecule has 1 fully saturated rings. The lowest BCUT2D eigenvalue weighted by Crippen LogP contribution is -2.50. The molecule has 1 heterocycles. The molecular formula is C13H25N3O2. The highest BCUT2D eigenvalue weighted by atomic mass is 16.2. The molecule has 0 spiro atoms. The lowest BCUT2D eigenvalue weighted by atomic mass is 9.95. The number of nitrogens with one attached hydrogen (secondary N) is 1. The van der Waals surface area contributed by atoms with E-state index in [4.69, 9.17) is 5.73 Å². The first-order chi connectivity index (χ1) is 8.45. The Bertz CT molecular complexity index is 305. The summed E-state index contributed by atoms with van der Waals surface area (Å²) in [5.74, 6) is 0.324. The molecule has 0 radical (unpaired) electrons. The van der Waals surface area contributed by atoms with Gasteiger partial charge in [-0.05, 0) is 25.2 Å². The van der Waals surface area contributed by atoms with Crippen molar-refractivity contribution in [3.63, 3.8) is 0 Å². The Morgan fingerprint density at radius 3 is 2.67 bits per heavy atom. The summed E-state index contributed by atoms with van der Waals surface area (Å²) in [5.41, 5.74) is 5.91. The molecule has 0 aromatic heterocycles. The Hall–Kier alpha value is -1.10. The van der Waals surface area contributed by atoms with Crippen molar-refractivity contribution in [3.8, 4) is 0 Å². The maximum atomic E-state index is 12.2. The fraction of sp³-hybridized carbons (Fsp3) is 0.846. The highest BCUT2D eigenvalue weighted by molar-refractivity contribution is 5.83. The number of rotatable bonds is 4. The van der Waals surface area contributed by atoms with Gasteiger partial charge in [0.05, 0.1) is 12.0 Å². The van der Waals surface area contributed by atoms with Crippen LogP contribution in [0.25, 0.3) is 0 Å². The highest BCUT2D eigenvalue weighted by Gasteiger charge is 2.30. The van der Waals surface area contributed by atoms with Crippen LogP contribution in [-0.2, 0) is 9.59 Å². The van der Waals surface area contributed by atoms with Crippen molar-refractivity contribution in [2.24, 2.45) is 17.6 Å². The molecule has 0 aromatic carbocycles. The molecule has 1 aliphatic heterocycles. The molecule has 2 amide bonds. The Kier molecular flexibility index (Phi) is 5.59. The first-order valence-corrected chi connectivity index (χ1v) is 6.71. The lowest BCUT2D eigenvalue weighted by molar-refractivity contribution is -0.137. The number of nitrogens with two attached hydrogens (primary N) is 1. The quantitative estimate of drug-likeness (QED) is 0.761. The Labute approximate surface area is 109 Å². The van der Waals surface area contributed by atoms with E-state index >= 15 is 0 Å². The van der Waals surface area contributed by atoms with E-state index in [0.29, 0.717) is 18.9 Å². The number of amides is 2. The molecule has 3 N–H and O–H groups in total. The number of nitrogens with zero attached hydrogens (tertiary/aromatic N) is 1. The molecule has 1 rings (SSSR count). The zero-order valence-corrected chi connectivity index (χ0v) is 11.6. The van der Waals surface area contributed by atoms with E-state index in [1.54, 1.807) is 11.9 Å². The van der Waals surface area contributed by atoms with E-state index in [1.807, 2.05) is 0 Å². The second-order valence-corrected chi connectivity index (χ2v) is 5.47. The van der Waals surface area contributed by atoms with Gasteiger partial charge >= 0.3 is 0 Å². The summed E-state index contributed by atoms with van der Waals surface area (Å²) in [4.78, 5) is 25.5. The van der Waals surface area contributed by atoms with Gasteiger partial charge in [0.15, 0.2) is 0 Å². The summed E-state index contributed by atoms with van der Waals surface area (Å²) in [6.07, 6.45) is 2.42. The van der Waals surface area contributed by atoms with Crippen molar-refractivity contribution >= 4 is 11.8 Å². The number of hydrogen-bond donors (Lipinski definition) is 2. The van der Waals surface area contributed by atoms with Gasteiger partial charge in [0.1, 0.15) is 0 Å². The van der Waals surface area contributed by atoms with Crippen molar-refractivity contribution in [1.29, 1.82) is 0 Å². The van der Waals surface area contributed by atoms with Gasteiger partial charge in [0.2, 0.25) is 11.8 Å². The van der Waals surface area contributed by atoms with Crippen molar-refractivity contribution in [3.05, 3.63) is 0 Å². The van der Waals surface area contributed by atoms with E-state index in [2.05, 4.69) is 19.2 Å². The number of hydrogen-bond acceptors (Lipinski definition) is 3. The minimum Gasteiger partial charge on any atom is -0.359 e. The molecule has 0 aliphatic carbocycles. The van der Waals surface area contributed by atoms with Crippen LogP contribution < -0.4 is 11.1 Å². The summed E-state index contributed by atoms with van der Waals surface area (Å²) < 4.78 is 0. The maximum absolute atomic E-state index is 12.2. The van der Waals surface area contributed by atoms with E-state index in [-0.39, 0.29) is 17.7 Å². The van der Waals surface area contributed by atoms with Gasteiger partial charge in [-0.2, -0.15) is 0 Å². The number of likely N-dealkylation sites (tertiary alicyclic amines) is 1. The molecule has 5 nitrogen and oxygen atoms in total. The zero-order valence-electron chi connectivity index (χ0n) is 11.6. The second kappa shape index (κ2) is 6.73. The first kappa shape index (κ1) is 15.0. The van der Waals surface area contributed by atoms with Crippen LogP contribution in [0, 0.1) is 11.8 Å². The van der Waals surface area contributed by atoms with E-state index in [1.165, 1.54) is 0 Å². The Morgan fingerprint density at radius 1 is 1.44 bits per heavy atom. The third-order valence-electron chi connectivity index (χ3n) is 3.39. The van der Waals surface area contributed by atoms with Gasteiger partial charge in [-0.1, -0.05) is 13.8 Å². The van der Waals surface area contributed by atoms with Gasteiger partial charge in [-0.3, -0.25) is 9.59 Å². The van der Waals surface area contributed by atoms with Gasteiger partial charge in [0, 0.05) is 20.1 Å². The molecule has 2 atom stereocenters. The molecule has 1 unspecified atom stereocenters. The van der Waals surface area contributed by atoms with Crippen LogP contribution in [0.4, 0.5) is 0 Å². The first-order valence-electron chi connectivity index (χ1n) is 6.71. The van der Waals surface area contributed by atoms with Crippen LogP contribution in [0.2, 0.25) is 0 Å². The Balaban J connectivity index is 2.55. The van der Waals surface area contributed by atoms with Crippen molar-refractivity contribution in [1.82, 2.24) is 10.2 Å². The van der Waals surface area contributed by atoms with Crippen LogP contribution in [0.1, 0.15) is 33.1 Å². The average Bonchev–Trinajstić information content (AvgIpc) is 2.36. The summed E-state index contributed by atoms with van der Waals surface area (Å²) in [7, 11) is 1.63. The third-order valence-corrected chi connectivity index (χ3v) is 3.39. The lowest BCUT2D eigenvalue weighted by Gasteiger charge is -2.33. The predicted molar refractivity (Wildman–Crippen MR) is 70.8 cm³/mol. The van der Waals surface area contributed by atoms with Gasteiger partial charge < -0.3 is 16.0 Å². The fourth-order valence-electron chi connectivity index (χ4n) is 2.44. The van der Waals surface area contributed by atoms with Crippen molar-refractivity contribution < 1.29 is 9.59 Å². The van der Waals surface area contributed by atoms with Crippen LogP contribution in [0.5, 0.6) is 0 Å². The largest absolute Gasteiger partial charge is 0.359 e. The molecule has 18 heavy (non-hydrogen) atoms. The minimum absolute atomic E-state index is 0.0164. The molecule has 5 heteroatoms. The van der Waals surface area contributed by atoms with E-state index in [9.17, 15) is 9.59 Å². The molecule has 104 valence electrons. The average molecular weight is 255 g/mol. The highest BCUT2D eigenvalue weighted by Crippen LogP contribution is 2.18. The predicted octanol–water partition coefficient (Wildman–Crippen LogP) is 0.344. The Morgan fingerprint density at radius 2 is 2.11 bits per heavy atom. The summed E-state index contributed by atoms with van der Waals surface area (Å²) in [6, 6.07) is -0.437. The molecule has 1 saturated heterocycles. The smallest absolute Gasteiger partial charge is 0.239 e. The van der Waals surface area contributed by atoms with E-state index < -0.39 is 6.04 Å². The normalized spacial score (nSPS) is 21.8. The molecule has 1 aliphatic rings. The minimum atomic E-state index is -0.437. The topological polar surface area (TPSA) is 75.4 Å². The number of carbonyl (C=O) groups is 2. The van der Waals surface area contributed by atoms with Crippen LogP contribution in [0.3, 0.4) is 0 Å². The van der Waals surface area contributed by atoms with Crippen LogP contribution in [0.15, 0.2) is 0 Å². The van der Waals surface area contributed by atoms with Crippen LogP contribution >= 0.6 is 0 Å². The van der Waals surface area contributed by atoms with Gasteiger partial charge in [0.25, 0.3) is 0 Å².